The van der Waals surface area contributed by atoms with Gasteiger partial charge in [0.1, 0.15) is 6.04 Å². The van der Waals surface area contributed by atoms with Gasteiger partial charge in [0.2, 0.25) is 0 Å². The number of benzene rings is 1. The number of rotatable bonds is 5. The summed E-state index contributed by atoms with van der Waals surface area (Å²) in [7, 11) is 1.39. The summed E-state index contributed by atoms with van der Waals surface area (Å²) in [5, 5.41) is 3.16. The van der Waals surface area contributed by atoms with E-state index in [2.05, 4.69) is 17.4 Å². The van der Waals surface area contributed by atoms with E-state index in [0.29, 0.717) is 13.2 Å². The van der Waals surface area contributed by atoms with Crippen LogP contribution < -0.4 is 10.8 Å². The van der Waals surface area contributed by atoms with Gasteiger partial charge in [0.15, 0.2) is 0 Å². The minimum atomic E-state index is -0.418. The summed E-state index contributed by atoms with van der Waals surface area (Å²) in [6.07, 6.45) is 1.67. The number of nitrogens with one attached hydrogen (secondary N) is 2. The van der Waals surface area contributed by atoms with Gasteiger partial charge in [0.25, 0.3) is 0 Å². The maximum atomic E-state index is 11.7. The Bertz CT molecular complexity index is 462. The smallest absolute Gasteiger partial charge is 0.327 e. The van der Waals surface area contributed by atoms with E-state index in [1.807, 2.05) is 24.3 Å². The first-order valence-electron chi connectivity index (χ1n) is 6.16. The van der Waals surface area contributed by atoms with Gasteiger partial charge in [0, 0.05) is 6.54 Å². The van der Waals surface area contributed by atoms with Gasteiger partial charge in [-0.3, -0.25) is 10.2 Å². The third-order valence-electron chi connectivity index (χ3n) is 3.07. The van der Waals surface area contributed by atoms with Crippen LogP contribution in [0.1, 0.15) is 23.2 Å². The van der Waals surface area contributed by atoms with Crippen molar-refractivity contribution in [3.8, 4) is 0 Å². The molecule has 1 aliphatic heterocycles. The monoisotopic (exact) mass is 262 g/mol. The van der Waals surface area contributed by atoms with E-state index in [1.165, 1.54) is 7.11 Å². The molecule has 5 nitrogen and oxygen atoms in total. The highest BCUT2D eigenvalue weighted by atomic mass is 16.6. The van der Waals surface area contributed by atoms with Crippen LogP contribution in [0.2, 0.25) is 0 Å². The zero-order chi connectivity index (χ0) is 13.7. The summed E-state index contributed by atoms with van der Waals surface area (Å²) in [5.74, 6) is -0.280. The van der Waals surface area contributed by atoms with Crippen LogP contribution in [0.3, 0.4) is 0 Å². The van der Waals surface area contributed by atoms with Crippen molar-refractivity contribution in [2.75, 3.05) is 20.3 Å². The SMILES string of the molecule is C=CCON[C@H]1CN[C@H](C(=O)OC)c2ccccc21. The van der Waals surface area contributed by atoms with Crippen molar-refractivity contribution >= 4 is 5.97 Å². The highest BCUT2D eigenvalue weighted by Gasteiger charge is 2.31. The second-order valence-electron chi connectivity index (χ2n) is 4.26. The second kappa shape index (κ2) is 6.47. The van der Waals surface area contributed by atoms with E-state index in [9.17, 15) is 4.79 Å². The van der Waals surface area contributed by atoms with Crippen LogP contribution in [-0.2, 0) is 14.4 Å². The number of hydrogen-bond acceptors (Lipinski definition) is 5. The molecule has 0 radical (unpaired) electrons. The molecule has 0 aliphatic carbocycles. The van der Waals surface area contributed by atoms with Gasteiger partial charge in [0.05, 0.1) is 19.8 Å². The third kappa shape index (κ3) is 3.01. The minimum absolute atomic E-state index is 0.00273. The van der Waals surface area contributed by atoms with Crippen LogP contribution in [0.4, 0.5) is 0 Å². The zero-order valence-corrected chi connectivity index (χ0v) is 10.9. The molecule has 1 aliphatic rings. The van der Waals surface area contributed by atoms with Gasteiger partial charge in [-0.15, -0.1) is 6.58 Å². The van der Waals surface area contributed by atoms with Gasteiger partial charge in [-0.2, -0.15) is 5.48 Å². The average Bonchev–Trinajstić information content (AvgIpc) is 2.47. The first-order chi connectivity index (χ1) is 9.27. The predicted octanol–water partition coefficient (Wildman–Crippen LogP) is 1.25. The molecule has 102 valence electrons. The van der Waals surface area contributed by atoms with Crippen LogP contribution in [0.25, 0.3) is 0 Å². The lowest BCUT2D eigenvalue weighted by Crippen LogP contribution is -2.42. The minimum Gasteiger partial charge on any atom is -0.468 e. The maximum Gasteiger partial charge on any atom is 0.327 e. The highest BCUT2D eigenvalue weighted by Crippen LogP contribution is 2.29. The molecule has 0 aromatic heterocycles. The van der Waals surface area contributed by atoms with E-state index in [0.717, 1.165) is 11.1 Å². The summed E-state index contributed by atoms with van der Waals surface area (Å²) < 4.78 is 4.81. The van der Waals surface area contributed by atoms with Crippen molar-refractivity contribution in [3.63, 3.8) is 0 Å². The quantitative estimate of drug-likeness (QED) is 0.362. The largest absolute Gasteiger partial charge is 0.468 e. The fourth-order valence-corrected chi connectivity index (χ4v) is 2.19. The Hall–Kier alpha value is -1.69. The molecule has 2 N–H and O–H groups in total. The van der Waals surface area contributed by atoms with Crippen molar-refractivity contribution < 1.29 is 14.4 Å². The molecule has 5 heteroatoms. The van der Waals surface area contributed by atoms with E-state index in [4.69, 9.17) is 9.57 Å². The molecule has 0 amide bonds. The Morgan fingerprint density at radius 1 is 1.53 bits per heavy atom. The molecular weight excluding hydrogens is 244 g/mol. The van der Waals surface area contributed by atoms with Crippen molar-refractivity contribution in [1.82, 2.24) is 10.8 Å². The molecule has 19 heavy (non-hydrogen) atoms. The molecule has 1 aromatic carbocycles. The number of carbonyl (C=O) groups excluding carboxylic acids is 1. The number of hydroxylamine groups is 1. The van der Waals surface area contributed by atoms with Crippen LogP contribution in [-0.4, -0.2) is 26.2 Å². The zero-order valence-electron chi connectivity index (χ0n) is 10.9. The summed E-state index contributed by atoms with van der Waals surface area (Å²) in [6.45, 7) is 4.61. The number of esters is 1. The lowest BCUT2D eigenvalue weighted by molar-refractivity contribution is -0.143. The molecule has 2 rings (SSSR count). The first-order valence-corrected chi connectivity index (χ1v) is 6.16. The molecule has 0 unspecified atom stereocenters. The fourth-order valence-electron chi connectivity index (χ4n) is 2.19. The first kappa shape index (κ1) is 13.7. The summed E-state index contributed by atoms with van der Waals surface area (Å²) >= 11 is 0. The number of methoxy groups -OCH3 is 1. The molecule has 1 heterocycles. The fraction of sp³-hybridized carbons (Fsp3) is 0.357. The second-order valence-corrected chi connectivity index (χ2v) is 4.26. The maximum absolute atomic E-state index is 11.7. The molecule has 0 fully saturated rings. The predicted molar refractivity (Wildman–Crippen MR) is 71.2 cm³/mol. The van der Waals surface area contributed by atoms with E-state index in [-0.39, 0.29) is 12.0 Å². The lowest BCUT2D eigenvalue weighted by atomic mass is 9.91. The topological polar surface area (TPSA) is 59.6 Å². The average molecular weight is 262 g/mol. The van der Waals surface area contributed by atoms with Gasteiger partial charge in [-0.05, 0) is 11.1 Å². The molecule has 0 saturated carbocycles. The molecule has 0 saturated heterocycles. The number of carbonyl (C=O) groups is 1. The van der Waals surface area contributed by atoms with Crippen LogP contribution in [0.15, 0.2) is 36.9 Å². The van der Waals surface area contributed by atoms with Crippen molar-refractivity contribution in [2.24, 2.45) is 0 Å². The van der Waals surface area contributed by atoms with Crippen molar-refractivity contribution in [1.29, 1.82) is 0 Å². The standard InChI is InChI=1S/C14H18N2O3/c1-3-8-19-16-12-9-15-13(14(17)18-2)11-7-5-4-6-10(11)12/h3-7,12-13,15-16H,1,8-9H2,2H3/t12-,13-/m0/s1. The molecular formula is C14H18N2O3. The number of ether oxygens (including phenoxy) is 1. The highest BCUT2D eigenvalue weighted by molar-refractivity contribution is 5.78. The molecule has 0 spiro atoms. The van der Waals surface area contributed by atoms with Crippen LogP contribution in [0.5, 0.6) is 0 Å². The van der Waals surface area contributed by atoms with E-state index < -0.39 is 6.04 Å². The van der Waals surface area contributed by atoms with Crippen molar-refractivity contribution in [3.05, 3.63) is 48.0 Å². The van der Waals surface area contributed by atoms with Gasteiger partial charge in [-0.1, -0.05) is 30.3 Å². The van der Waals surface area contributed by atoms with Gasteiger partial charge >= 0.3 is 5.97 Å². The number of fused-ring (bicyclic) bond motifs is 1. The molecule has 0 bridgehead atoms. The summed E-state index contributed by atoms with van der Waals surface area (Å²) in [6, 6.07) is 7.34. The molecule has 2 atom stereocenters. The Labute approximate surface area is 112 Å². The van der Waals surface area contributed by atoms with Crippen molar-refractivity contribution in [2.45, 2.75) is 12.1 Å². The van der Waals surface area contributed by atoms with Gasteiger partial charge in [-0.25, -0.2) is 4.79 Å². The Kier molecular flexibility index (Phi) is 4.68. The third-order valence-corrected chi connectivity index (χ3v) is 3.07. The summed E-state index contributed by atoms with van der Waals surface area (Å²) in [5.41, 5.74) is 4.93. The Morgan fingerprint density at radius 2 is 2.26 bits per heavy atom. The Morgan fingerprint density at radius 3 is 2.95 bits per heavy atom. The van der Waals surface area contributed by atoms with E-state index in [1.54, 1.807) is 6.08 Å². The van der Waals surface area contributed by atoms with Crippen LogP contribution >= 0.6 is 0 Å². The summed E-state index contributed by atoms with van der Waals surface area (Å²) in [4.78, 5) is 17.0. The van der Waals surface area contributed by atoms with Gasteiger partial charge < -0.3 is 4.74 Å². The van der Waals surface area contributed by atoms with E-state index >= 15 is 0 Å². The lowest BCUT2D eigenvalue weighted by Gasteiger charge is -2.31. The number of hydrogen-bond donors (Lipinski definition) is 2. The normalized spacial score (nSPS) is 21.5. The van der Waals surface area contributed by atoms with Crippen LogP contribution in [0, 0.1) is 0 Å². The Balaban J connectivity index is 2.19. The molecule has 1 aromatic rings.